The lowest BCUT2D eigenvalue weighted by Gasteiger charge is -2.03. The van der Waals surface area contributed by atoms with Gasteiger partial charge in [0.2, 0.25) is 5.78 Å². The van der Waals surface area contributed by atoms with Crippen molar-refractivity contribution in [1.29, 1.82) is 0 Å². The van der Waals surface area contributed by atoms with E-state index in [2.05, 4.69) is 5.48 Å². The topological polar surface area (TPSA) is 38.3 Å². The Balaban J connectivity index is 2.62. The van der Waals surface area contributed by atoms with E-state index >= 15 is 0 Å². The van der Waals surface area contributed by atoms with Crippen LogP contribution in [0.3, 0.4) is 0 Å². The first-order valence-corrected chi connectivity index (χ1v) is 3.79. The third kappa shape index (κ3) is 1.80. The van der Waals surface area contributed by atoms with Gasteiger partial charge in [0, 0.05) is 5.92 Å². The molecule has 11 heavy (non-hydrogen) atoms. The average molecular weight is 155 g/mol. The van der Waals surface area contributed by atoms with Gasteiger partial charge in [0.15, 0.2) is 5.76 Å². The second-order valence-corrected chi connectivity index (χ2v) is 3.06. The number of allylic oxidation sites excluding steroid dienone is 1. The minimum atomic E-state index is 0.00773. The number of Topliss-reactive ketones (excluding diaryl/α,β-unsaturated/α-hetero) is 1. The molecule has 0 saturated carbocycles. The van der Waals surface area contributed by atoms with Gasteiger partial charge in [0.05, 0.1) is 6.04 Å². The number of carbonyl (C=O) groups is 1. The van der Waals surface area contributed by atoms with Crippen molar-refractivity contribution in [2.24, 2.45) is 5.92 Å². The lowest BCUT2D eigenvalue weighted by atomic mass is 10.1. The van der Waals surface area contributed by atoms with Crippen LogP contribution in [0.25, 0.3) is 0 Å². The summed E-state index contributed by atoms with van der Waals surface area (Å²) in [4.78, 5) is 16.2. The SMILES string of the molecule is CC1C=C(C(=O)C(C)C)ON1. The van der Waals surface area contributed by atoms with Gasteiger partial charge in [-0.2, -0.15) is 0 Å². The largest absolute Gasteiger partial charge is 0.405 e. The van der Waals surface area contributed by atoms with E-state index in [1.54, 1.807) is 6.08 Å². The molecule has 1 aliphatic heterocycles. The monoisotopic (exact) mass is 155 g/mol. The quantitative estimate of drug-likeness (QED) is 0.647. The van der Waals surface area contributed by atoms with E-state index < -0.39 is 0 Å². The third-order valence-electron chi connectivity index (χ3n) is 1.52. The van der Waals surface area contributed by atoms with Crippen LogP contribution in [0.2, 0.25) is 0 Å². The van der Waals surface area contributed by atoms with E-state index in [-0.39, 0.29) is 17.7 Å². The summed E-state index contributed by atoms with van der Waals surface area (Å²) in [5, 5.41) is 0. The van der Waals surface area contributed by atoms with Gasteiger partial charge in [-0.25, -0.2) is 0 Å². The number of rotatable bonds is 2. The van der Waals surface area contributed by atoms with Crippen molar-refractivity contribution < 1.29 is 9.63 Å². The van der Waals surface area contributed by atoms with Crippen LogP contribution in [0.4, 0.5) is 0 Å². The summed E-state index contributed by atoms with van der Waals surface area (Å²) in [7, 11) is 0. The number of nitrogens with one attached hydrogen (secondary N) is 1. The molecule has 62 valence electrons. The lowest BCUT2D eigenvalue weighted by Crippen LogP contribution is -2.18. The lowest BCUT2D eigenvalue weighted by molar-refractivity contribution is -0.122. The fraction of sp³-hybridized carbons (Fsp3) is 0.625. The van der Waals surface area contributed by atoms with Crippen LogP contribution in [0.1, 0.15) is 20.8 Å². The minimum Gasteiger partial charge on any atom is -0.405 e. The molecule has 3 heteroatoms. The second-order valence-electron chi connectivity index (χ2n) is 3.06. The average Bonchev–Trinajstić information content (AvgIpc) is 2.34. The highest BCUT2D eigenvalue weighted by Crippen LogP contribution is 2.12. The fourth-order valence-corrected chi connectivity index (χ4v) is 0.868. The highest BCUT2D eigenvalue weighted by Gasteiger charge is 2.21. The number of carbonyl (C=O) groups excluding carboxylic acids is 1. The highest BCUT2D eigenvalue weighted by molar-refractivity contribution is 5.95. The van der Waals surface area contributed by atoms with Gasteiger partial charge in [-0.05, 0) is 13.0 Å². The molecule has 3 nitrogen and oxygen atoms in total. The molecule has 0 radical (unpaired) electrons. The highest BCUT2D eigenvalue weighted by atomic mass is 16.7. The van der Waals surface area contributed by atoms with Gasteiger partial charge in [0.1, 0.15) is 0 Å². The smallest absolute Gasteiger partial charge is 0.202 e. The van der Waals surface area contributed by atoms with Crippen LogP contribution in [-0.2, 0) is 9.63 Å². The van der Waals surface area contributed by atoms with E-state index in [4.69, 9.17) is 4.84 Å². The van der Waals surface area contributed by atoms with E-state index in [0.29, 0.717) is 5.76 Å². The molecule has 0 saturated heterocycles. The molecule has 1 aliphatic rings. The zero-order valence-electron chi connectivity index (χ0n) is 7.05. The first-order chi connectivity index (χ1) is 5.11. The fourth-order valence-electron chi connectivity index (χ4n) is 0.868. The number of hydroxylamine groups is 1. The summed E-state index contributed by atoms with van der Waals surface area (Å²) in [6.07, 6.45) is 1.79. The van der Waals surface area contributed by atoms with Crippen molar-refractivity contribution in [3.63, 3.8) is 0 Å². The Labute approximate surface area is 66.4 Å². The van der Waals surface area contributed by atoms with Crippen LogP contribution in [0, 0.1) is 5.92 Å². The molecule has 0 bridgehead atoms. The summed E-state index contributed by atoms with van der Waals surface area (Å²) < 4.78 is 0. The standard InChI is InChI=1S/C8H13NO2/c1-5(2)8(10)7-4-6(3)9-11-7/h4-6,9H,1-3H3. The summed E-state index contributed by atoms with van der Waals surface area (Å²) in [6.45, 7) is 5.64. The molecule has 1 N–H and O–H groups in total. The molecule has 1 heterocycles. The Bertz CT molecular complexity index is 196. The molecular weight excluding hydrogens is 142 g/mol. The van der Waals surface area contributed by atoms with Crippen LogP contribution >= 0.6 is 0 Å². The van der Waals surface area contributed by atoms with E-state index in [1.165, 1.54) is 0 Å². The van der Waals surface area contributed by atoms with Gasteiger partial charge in [-0.1, -0.05) is 13.8 Å². The molecule has 0 spiro atoms. The number of ketones is 1. The van der Waals surface area contributed by atoms with Crippen molar-refractivity contribution in [3.8, 4) is 0 Å². The summed E-state index contributed by atoms with van der Waals surface area (Å²) in [5.74, 6) is 0.516. The van der Waals surface area contributed by atoms with Gasteiger partial charge in [0.25, 0.3) is 0 Å². The zero-order valence-corrected chi connectivity index (χ0v) is 7.05. The molecule has 0 aliphatic carbocycles. The normalized spacial score (nSPS) is 23.3. The maximum atomic E-state index is 11.3. The first kappa shape index (κ1) is 8.27. The molecule has 0 aromatic heterocycles. The van der Waals surface area contributed by atoms with E-state index in [9.17, 15) is 4.79 Å². The maximum Gasteiger partial charge on any atom is 0.202 e. The van der Waals surface area contributed by atoms with Gasteiger partial charge >= 0.3 is 0 Å². The Morgan fingerprint density at radius 1 is 1.73 bits per heavy atom. The second kappa shape index (κ2) is 3.05. The van der Waals surface area contributed by atoms with Crippen LogP contribution in [0.5, 0.6) is 0 Å². The van der Waals surface area contributed by atoms with Crippen molar-refractivity contribution in [3.05, 3.63) is 11.8 Å². The van der Waals surface area contributed by atoms with Crippen LogP contribution in [0.15, 0.2) is 11.8 Å². The molecule has 1 atom stereocenters. The van der Waals surface area contributed by atoms with Crippen LogP contribution < -0.4 is 5.48 Å². The Hall–Kier alpha value is -0.830. The summed E-state index contributed by atoms with van der Waals surface area (Å²) >= 11 is 0. The molecule has 1 unspecified atom stereocenters. The number of hydrogen-bond donors (Lipinski definition) is 1. The molecular formula is C8H13NO2. The predicted molar refractivity (Wildman–Crippen MR) is 41.6 cm³/mol. The Morgan fingerprint density at radius 2 is 2.36 bits per heavy atom. The molecule has 0 aromatic rings. The van der Waals surface area contributed by atoms with Gasteiger partial charge < -0.3 is 4.84 Å². The van der Waals surface area contributed by atoms with Gasteiger partial charge in [-0.15, -0.1) is 5.48 Å². The number of hydrogen-bond acceptors (Lipinski definition) is 3. The van der Waals surface area contributed by atoms with E-state index in [1.807, 2.05) is 20.8 Å². The third-order valence-corrected chi connectivity index (χ3v) is 1.52. The Kier molecular flexibility index (Phi) is 2.29. The van der Waals surface area contributed by atoms with Gasteiger partial charge in [-0.3, -0.25) is 4.79 Å². The predicted octanol–water partition coefficient (Wildman–Crippen LogP) is 1.02. The Morgan fingerprint density at radius 3 is 2.73 bits per heavy atom. The van der Waals surface area contributed by atoms with E-state index in [0.717, 1.165) is 0 Å². The molecule has 0 aromatic carbocycles. The molecule has 0 amide bonds. The van der Waals surface area contributed by atoms with Crippen molar-refractivity contribution in [2.75, 3.05) is 0 Å². The maximum absolute atomic E-state index is 11.3. The summed E-state index contributed by atoms with van der Waals surface area (Å²) in [5.41, 5.74) is 2.69. The zero-order chi connectivity index (χ0) is 8.43. The van der Waals surface area contributed by atoms with Crippen LogP contribution in [-0.4, -0.2) is 11.8 Å². The van der Waals surface area contributed by atoms with Crippen molar-refractivity contribution >= 4 is 5.78 Å². The van der Waals surface area contributed by atoms with Crippen molar-refractivity contribution in [1.82, 2.24) is 5.48 Å². The van der Waals surface area contributed by atoms with Crippen molar-refractivity contribution in [2.45, 2.75) is 26.8 Å². The molecule has 1 rings (SSSR count). The summed E-state index contributed by atoms with van der Waals surface area (Å²) in [6, 6.07) is 0.146. The first-order valence-electron chi connectivity index (χ1n) is 3.79. The minimum absolute atomic E-state index is 0.00773. The molecule has 0 fully saturated rings.